The van der Waals surface area contributed by atoms with Crippen molar-refractivity contribution in [2.24, 2.45) is 0 Å². The molecule has 5 rings (SSSR count). The summed E-state index contributed by atoms with van der Waals surface area (Å²) in [6.07, 6.45) is 3.83. The number of hydrogen-bond acceptors (Lipinski definition) is 5. The van der Waals surface area contributed by atoms with E-state index in [1.54, 1.807) is 25.4 Å². The van der Waals surface area contributed by atoms with Gasteiger partial charge in [0.15, 0.2) is 0 Å². The van der Waals surface area contributed by atoms with Crippen LogP contribution < -0.4 is 15.4 Å². The molecule has 3 heterocycles. The summed E-state index contributed by atoms with van der Waals surface area (Å²) >= 11 is 0. The Hall–Kier alpha value is -3.39. The molecule has 0 saturated carbocycles. The molecule has 2 aromatic heterocycles. The first kappa shape index (κ1) is 17.7. The third-order valence-corrected chi connectivity index (χ3v) is 5.52. The number of aromatic nitrogens is 4. The van der Waals surface area contributed by atoms with E-state index in [1.807, 2.05) is 18.2 Å². The standard InChI is InChI=1S/C21H22N6O2/c1-29-18-5-3-14(19-15(18)11-23-27-19)21(28)24-13-2-4-16-17(10-13)26-20(25-16)12-6-8-22-9-7-12/h2-5,10-12,22H,6-9H2,1H3,(H,23,27)(H,24,28)(H,25,26). The summed E-state index contributed by atoms with van der Waals surface area (Å²) in [7, 11) is 1.60. The van der Waals surface area contributed by atoms with Crippen LogP contribution in [0.1, 0.15) is 34.9 Å². The lowest BCUT2D eigenvalue weighted by atomic mass is 9.98. The summed E-state index contributed by atoms with van der Waals surface area (Å²) in [5, 5.41) is 14.1. The molecule has 4 aromatic rings. The van der Waals surface area contributed by atoms with Gasteiger partial charge in [0, 0.05) is 11.6 Å². The van der Waals surface area contributed by atoms with Crippen molar-refractivity contribution in [1.29, 1.82) is 0 Å². The Kier molecular flexibility index (Phi) is 4.40. The van der Waals surface area contributed by atoms with Crippen molar-refractivity contribution in [1.82, 2.24) is 25.5 Å². The van der Waals surface area contributed by atoms with E-state index in [-0.39, 0.29) is 5.91 Å². The molecule has 1 fully saturated rings. The molecule has 8 heteroatoms. The zero-order valence-corrected chi connectivity index (χ0v) is 16.1. The second kappa shape index (κ2) is 7.21. The molecule has 1 amide bonds. The largest absolute Gasteiger partial charge is 0.496 e. The van der Waals surface area contributed by atoms with Gasteiger partial charge in [0.25, 0.3) is 5.91 Å². The average molecular weight is 390 g/mol. The van der Waals surface area contributed by atoms with Crippen LogP contribution in [0.2, 0.25) is 0 Å². The first-order valence-corrected chi connectivity index (χ1v) is 9.75. The lowest BCUT2D eigenvalue weighted by Crippen LogP contribution is -2.27. The van der Waals surface area contributed by atoms with Gasteiger partial charge in [0.1, 0.15) is 11.6 Å². The Morgan fingerprint density at radius 2 is 2.07 bits per heavy atom. The van der Waals surface area contributed by atoms with Gasteiger partial charge in [0.2, 0.25) is 0 Å². The molecule has 0 radical (unpaired) electrons. The van der Waals surface area contributed by atoms with E-state index in [2.05, 4.69) is 25.8 Å². The van der Waals surface area contributed by atoms with E-state index in [9.17, 15) is 4.79 Å². The zero-order chi connectivity index (χ0) is 19.8. The smallest absolute Gasteiger partial charge is 0.257 e. The molecule has 0 unspecified atom stereocenters. The average Bonchev–Trinajstić information content (AvgIpc) is 3.40. The lowest BCUT2D eigenvalue weighted by molar-refractivity contribution is 0.102. The van der Waals surface area contributed by atoms with Crippen molar-refractivity contribution < 1.29 is 9.53 Å². The Morgan fingerprint density at radius 3 is 2.90 bits per heavy atom. The maximum atomic E-state index is 12.9. The first-order chi connectivity index (χ1) is 14.2. The van der Waals surface area contributed by atoms with E-state index in [0.29, 0.717) is 28.4 Å². The minimum atomic E-state index is -0.209. The van der Waals surface area contributed by atoms with Crippen LogP contribution in [0.15, 0.2) is 36.5 Å². The van der Waals surface area contributed by atoms with Crippen LogP contribution in [0.4, 0.5) is 5.69 Å². The zero-order valence-electron chi connectivity index (χ0n) is 16.1. The molecule has 2 aromatic carbocycles. The number of imidazole rings is 1. The van der Waals surface area contributed by atoms with Gasteiger partial charge >= 0.3 is 0 Å². The van der Waals surface area contributed by atoms with Gasteiger partial charge in [-0.05, 0) is 56.3 Å². The fourth-order valence-corrected chi connectivity index (χ4v) is 3.97. The maximum absolute atomic E-state index is 12.9. The number of amides is 1. The summed E-state index contributed by atoms with van der Waals surface area (Å²) in [5.41, 5.74) is 3.72. The van der Waals surface area contributed by atoms with Gasteiger partial charge in [-0.1, -0.05) is 0 Å². The van der Waals surface area contributed by atoms with E-state index in [4.69, 9.17) is 9.72 Å². The highest BCUT2D eigenvalue weighted by Gasteiger charge is 2.19. The van der Waals surface area contributed by atoms with Crippen molar-refractivity contribution in [3.8, 4) is 5.75 Å². The van der Waals surface area contributed by atoms with Crippen LogP contribution in [0.3, 0.4) is 0 Å². The number of fused-ring (bicyclic) bond motifs is 2. The van der Waals surface area contributed by atoms with Crippen LogP contribution >= 0.6 is 0 Å². The van der Waals surface area contributed by atoms with E-state index in [0.717, 1.165) is 48.2 Å². The summed E-state index contributed by atoms with van der Waals surface area (Å²) in [6, 6.07) is 9.25. The summed E-state index contributed by atoms with van der Waals surface area (Å²) < 4.78 is 5.33. The number of benzene rings is 2. The van der Waals surface area contributed by atoms with Crippen molar-refractivity contribution >= 4 is 33.5 Å². The fraction of sp³-hybridized carbons (Fsp3) is 0.286. The Balaban J connectivity index is 1.41. The molecule has 148 valence electrons. The fourth-order valence-electron chi connectivity index (χ4n) is 3.97. The maximum Gasteiger partial charge on any atom is 0.257 e. The van der Waals surface area contributed by atoms with Gasteiger partial charge in [0.05, 0.1) is 40.8 Å². The van der Waals surface area contributed by atoms with Crippen LogP contribution in [0, 0.1) is 0 Å². The summed E-state index contributed by atoms with van der Waals surface area (Å²) in [6.45, 7) is 2.04. The molecule has 1 aliphatic rings. The number of rotatable bonds is 4. The number of nitrogens with zero attached hydrogens (tertiary/aromatic N) is 2. The van der Waals surface area contributed by atoms with Crippen LogP contribution in [0.25, 0.3) is 21.9 Å². The van der Waals surface area contributed by atoms with Crippen LogP contribution in [0.5, 0.6) is 5.75 Å². The number of piperidine rings is 1. The van der Waals surface area contributed by atoms with Gasteiger partial charge in [-0.3, -0.25) is 9.89 Å². The highest BCUT2D eigenvalue weighted by Crippen LogP contribution is 2.28. The van der Waals surface area contributed by atoms with Crippen molar-refractivity contribution in [3.63, 3.8) is 0 Å². The normalized spacial score (nSPS) is 15.1. The Bertz CT molecular complexity index is 1190. The number of methoxy groups -OCH3 is 1. The number of H-pyrrole nitrogens is 2. The number of nitrogens with one attached hydrogen (secondary N) is 4. The van der Waals surface area contributed by atoms with E-state index < -0.39 is 0 Å². The summed E-state index contributed by atoms with van der Waals surface area (Å²) in [5.74, 6) is 1.95. The molecule has 0 atom stereocenters. The number of carbonyl (C=O) groups excluding carboxylic acids is 1. The quantitative estimate of drug-likeness (QED) is 0.428. The highest BCUT2D eigenvalue weighted by molar-refractivity contribution is 6.13. The van der Waals surface area contributed by atoms with E-state index in [1.165, 1.54) is 0 Å². The molecule has 1 saturated heterocycles. The van der Waals surface area contributed by atoms with Gasteiger partial charge in [-0.15, -0.1) is 0 Å². The molecule has 0 bridgehead atoms. The van der Waals surface area contributed by atoms with Crippen molar-refractivity contribution in [3.05, 3.63) is 47.9 Å². The summed E-state index contributed by atoms with van der Waals surface area (Å²) in [4.78, 5) is 21.1. The van der Waals surface area contributed by atoms with Gasteiger partial charge < -0.3 is 20.4 Å². The molecular weight excluding hydrogens is 368 g/mol. The monoisotopic (exact) mass is 390 g/mol. The molecular formula is C21H22N6O2. The SMILES string of the molecule is COc1ccc(C(=O)Nc2ccc3nc(C4CCNCC4)[nH]c3c2)c2[nH]ncc12. The number of aromatic amines is 2. The number of hydrogen-bond donors (Lipinski definition) is 4. The number of anilines is 1. The first-order valence-electron chi connectivity index (χ1n) is 9.75. The minimum absolute atomic E-state index is 0.209. The minimum Gasteiger partial charge on any atom is -0.496 e. The molecule has 1 aliphatic heterocycles. The molecule has 0 aliphatic carbocycles. The van der Waals surface area contributed by atoms with Gasteiger partial charge in [-0.25, -0.2) is 4.98 Å². The van der Waals surface area contributed by atoms with Crippen LogP contribution in [-0.2, 0) is 0 Å². The van der Waals surface area contributed by atoms with Gasteiger partial charge in [-0.2, -0.15) is 5.10 Å². The Morgan fingerprint density at radius 1 is 1.21 bits per heavy atom. The predicted molar refractivity (Wildman–Crippen MR) is 112 cm³/mol. The molecule has 0 spiro atoms. The van der Waals surface area contributed by atoms with Crippen molar-refractivity contribution in [2.45, 2.75) is 18.8 Å². The third kappa shape index (κ3) is 3.21. The van der Waals surface area contributed by atoms with Crippen molar-refractivity contribution in [2.75, 3.05) is 25.5 Å². The lowest BCUT2D eigenvalue weighted by Gasteiger charge is -2.20. The van der Waals surface area contributed by atoms with Crippen LogP contribution in [-0.4, -0.2) is 46.3 Å². The topological polar surface area (TPSA) is 108 Å². The molecule has 8 nitrogen and oxygen atoms in total. The third-order valence-electron chi connectivity index (χ3n) is 5.52. The highest BCUT2D eigenvalue weighted by atomic mass is 16.5. The Labute approximate surface area is 167 Å². The second-order valence-corrected chi connectivity index (χ2v) is 7.31. The second-order valence-electron chi connectivity index (χ2n) is 7.31. The number of ether oxygens (including phenoxy) is 1. The molecule has 4 N–H and O–H groups in total. The number of carbonyl (C=O) groups is 1. The van der Waals surface area contributed by atoms with E-state index >= 15 is 0 Å². The molecule has 29 heavy (non-hydrogen) atoms. The predicted octanol–water partition coefficient (Wildman–Crippen LogP) is 3.17.